The van der Waals surface area contributed by atoms with Gasteiger partial charge < -0.3 is 5.73 Å². The maximum atomic E-state index is 12.2. The normalized spacial score (nSPS) is 15.6. The quantitative estimate of drug-likeness (QED) is 0.896. The van der Waals surface area contributed by atoms with E-state index in [2.05, 4.69) is 32.9 Å². The molecule has 2 atom stereocenters. The Balaban J connectivity index is 2.91. The van der Waals surface area contributed by atoms with Gasteiger partial charge in [0.1, 0.15) is 0 Å². The molecular formula is C14H23NOS. The standard InChI is InChI=1S/C14H23NOS/c1-5-12(10-15)17(16)13-8-6-11(7-9-13)14(2,3)4/h6-9,12H,5,10,15H2,1-4H3. The van der Waals surface area contributed by atoms with Gasteiger partial charge in [0.2, 0.25) is 0 Å². The second kappa shape index (κ2) is 5.78. The highest BCUT2D eigenvalue weighted by Gasteiger charge is 2.17. The van der Waals surface area contributed by atoms with Crippen molar-refractivity contribution in [1.82, 2.24) is 0 Å². The molecule has 17 heavy (non-hydrogen) atoms. The Hall–Kier alpha value is -0.670. The van der Waals surface area contributed by atoms with Crippen molar-refractivity contribution in [3.05, 3.63) is 29.8 Å². The van der Waals surface area contributed by atoms with Crippen molar-refractivity contribution in [1.29, 1.82) is 0 Å². The molecule has 1 aromatic carbocycles. The molecule has 0 heterocycles. The Bertz CT molecular complexity index is 374. The minimum Gasteiger partial charge on any atom is -0.329 e. The van der Waals surface area contributed by atoms with E-state index in [-0.39, 0.29) is 10.7 Å². The molecule has 0 bridgehead atoms. The smallest absolute Gasteiger partial charge is 0.0573 e. The van der Waals surface area contributed by atoms with E-state index in [9.17, 15) is 4.21 Å². The molecule has 96 valence electrons. The molecule has 0 aliphatic rings. The van der Waals surface area contributed by atoms with Crippen molar-refractivity contribution in [2.24, 2.45) is 5.73 Å². The molecule has 1 rings (SSSR count). The summed E-state index contributed by atoms with van der Waals surface area (Å²) in [5.41, 5.74) is 7.03. The Labute approximate surface area is 107 Å². The van der Waals surface area contributed by atoms with Crippen LogP contribution >= 0.6 is 0 Å². The third-order valence-corrected chi connectivity index (χ3v) is 4.84. The van der Waals surface area contributed by atoms with Gasteiger partial charge in [-0.25, -0.2) is 0 Å². The van der Waals surface area contributed by atoms with E-state index in [1.165, 1.54) is 5.56 Å². The van der Waals surface area contributed by atoms with Crippen LogP contribution in [0.15, 0.2) is 29.2 Å². The zero-order chi connectivity index (χ0) is 13.1. The first-order valence-corrected chi connectivity index (χ1v) is 7.32. The molecule has 0 fully saturated rings. The maximum absolute atomic E-state index is 12.2. The second-order valence-corrected chi connectivity index (χ2v) is 7.07. The lowest BCUT2D eigenvalue weighted by Gasteiger charge is -2.19. The van der Waals surface area contributed by atoms with Gasteiger partial charge in [0, 0.05) is 11.4 Å². The Kier molecular flexibility index (Phi) is 4.90. The van der Waals surface area contributed by atoms with Gasteiger partial charge >= 0.3 is 0 Å². The van der Waals surface area contributed by atoms with Gasteiger partial charge in [-0.15, -0.1) is 0 Å². The van der Waals surface area contributed by atoms with Crippen LogP contribution in [-0.2, 0) is 16.2 Å². The van der Waals surface area contributed by atoms with Crippen molar-refractivity contribution >= 4 is 10.8 Å². The zero-order valence-electron chi connectivity index (χ0n) is 11.2. The number of hydrogen-bond acceptors (Lipinski definition) is 2. The summed E-state index contributed by atoms with van der Waals surface area (Å²) in [5, 5.41) is 0.0653. The summed E-state index contributed by atoms with van der Waals surface area (Å²) in [5.74, 6) is 0. The SMILES string of the molecule is CCC(CN)S(=O)c1ccc(C(C)(C)C)cc1. The van der Waals surface area contributed by atoms with Gasteiger partial charge in [0.15, 0.2) is 0 Å². The Morgan fingerprint density at radius 2 is 1.76 bits per heavy atom. The summed E-state index contributed by atoms with van der Waals surface area (Å²) in [6.45, 7) is 9.03. The first-order chi connectivity index (χ1) is 7.90. The molecule has 0 saturated carbocycles. The van der Waals surface area contributed by atoms with Crippen molar-refractivity contribution in [2.75, 3.05) is 6.54 Å². The second-order valence-electron chi connectivity index (χ2n) is 5.34. The summed E-state index contributed by atoms with van der Waals surface area (Å²) in [7, 11) is -0.981. The van der Waals surface area contributed by atoms with Crippen LogP contribution in [-0.4, -0.2) is 16.0 Å². The van der Waals surface area contributed by atoms with Crippen LogP contribution in [0, 0.1) is 0 Å². The van der Waals surface area contributed by atoms with Crippen LogP contribution in [0.4, 0.5) is 0 Å². The maximum Gasteiger partial charge on any atom is 0.0573 e. The summed E-state index contributed by atoms with van der Waals surface area (Å²) in [6.07, 6.45) is 0.851. The summed E-state index contributed by atoms with van der Waals surface area (Å²) in [4.78, 5) is 0.885. The van der Waals surface area contributed by atoms with Gasteiger partial charge in [-0.2, -0.15) is 0 Å². The van der Waals surface area contributed by atoms with Gasteiger partial charge in [0.05, 0.1) is 16.0 Å². The Morgan fingerprint density at radius 3 is 2.12 bits per heavy atom. The van der Waals surface area contributed by atoms with Crippen molar-refractivity contribution in [2.45, 2.75) is 49.7 Å². The minimum absolute atomic E-state index is 0.0653. The van der Waals surface area contributed by atoms with E-state index in [0.717, 1.165) is 11.3 Å². The molecule has 0 saturated heterocycles. The molecule has 0 aliphatic heterocycles. The third-order valence-electron chi connectivity index (χ3n) is 2.97. The van der Waals surface area contributed by atoms with Gasteiger partial charge in [-0.05, 0) is 29.5 Å². The monoisotopic (exact) mass is 253 g/mol. The summed E-state index contributed by atoms with van der Waals surface area (Å²) in [6, 6.07) is 8.07. The molecule has 0 aliphatic carbocycles. The highest BCUT2D eigenvalue weighted by atomic mass is 32.2. The van der Waals surface area contributed by atoms with E-state index >= 15 is 0 Å². The minimum atomic E-state index is -0.981. The van der Waals surface area contributed by atoms with Crippen LogP contribution in [0.5, 0.6) is 0 Å². The van der Waals surface area contributed by atoms with Crippen LogP contribution in [0.3, 0.4) is 0 Å². The lowest BCUT2D eigenvalue weighted by Crippen LogP contribution is -2.24. The van der Waals surface area contributed by atoms with E-state index in [1.807, 2.05) is 19.1 Å². The van der Waals surface area contributed by atoms with Gasteiger partial charge in [-0.3, -0.25) is 4.21 Å². The first kappa shape index (κ1) is 14.4. The van der Waals surface area contributed by atoms with Crippen LogP contribution < -0.4 is 5.73 Å². The average molecular weight is 253 g/mol. The van der Waals surface area contributed by atoms with E-state index in [1.54, 1.807) is 0 Å². The molecule has 1 aromatic rings. The Morgan fingerprint density at radius 1 is 1.24 bits per heavy atom. The molecule has 2 N–H and O–H groups in total. The average Bonchev–Trinajstić information content (AvgIpc) is 2.29. The molecule has 3 heteroatoms. The van der Waals surface area contributed by atoms with Crippen molar-refractivity contribution < 1.29 is 4.21 Å². The largest absolute Gasteiger partial charge is 0.329 e. The zero-order valence-corrected chi connectivity index (χ0v) is 12.0. The molecule has 0 amide bonds. The predicted molar refractivity (Wildman–Crippen MR) is 74.7 cm³/mol. The van der Waals surface area contributed by atoms with Crippen molar-refractivity contribution in [3.63, 3.8) is 0 Å². The predicted octanol–water partition coefficient (Wildman–Crippen LogP) is 2.83. The lowest BCUT2D eigenvalue weighted by atomic mass is 9.87. The van der Waals surface area contributed by atoms with E-state index < -0.39 is 10.8 Å². The lowest BCUT2D eigenvalue weighted by molar-refractivity contribution is 0.589. The highest BCUT2D eigenvalue weighted by molar-refractivity contribution is 7.85. The molecule has 2 nitrogen and oxygen atoms in total. The number of benzene rings is 1. The molecule has 0 spiro atoms. The van der Waals surface area contributed by atoms with Crippen molar-refractivity contribution in [3.8, 4) is 0 Å². The van der Waals surface area contributed by atoms with E-state index in [0.29, 0.717) is 6.54 Å². The first-order valence-electron chi connectivity index (χ1n) is 6.11. The number of hydrogen-bond donors (Lipinski definition) is 1. The summed E-state index contributed by atoms with van der Waals surface area (Å²) < 4.78 is 12.2. The topological polar surface area (TPSA) is 43.1 Å². The van der Waals surface area contributed by atoms with Crippen LogP contribution in [0.25, 0.3) is 0 Å². The van der Waals surface area contributed by atoms with E-state index in [4.69, 9.17) is 5.73 Å². The highest BCUT2D eigenvalue weighted by Crippen LogP contribution is 2.23. The van der Waals surface area contributed by atoms with Crippen LogP contribution in [0.2, 0.25) is 0 Å². The fraction of sp³-hybridized carbons (Fsp3) is 0.571. The molecule has 0 radical (unpaired) electrons. The number of rotatable bonds is 4. The molecular weight excluding hydrogens is 230 g/mol. The van der Waals surface area contributed by atoms with Gasteiger partial charge in [-0.1, -0.05) is 39.8 Å². The number of nitrogens with two attached hydrogens (primary N) is 1. The fourth-order valence-corrected chi connectivity index (χ4v) is 2.95. The summed E-state index contributed by atoms with van der Waals surface area (Å²) >= 11 is 0. The fourth-order valence-electron chi connectivity index (χ4n) is 1.69. The van der Waals surface area contributed by atoms with Crippen LogP contribution in [0.1, 0.15) is 39.7 Å². The molecule has 0 aromatic heterocycles. The third kappa shape index (κ3) is 3.65. The molecule has 2 unspecified atom stereocenters. The van der Waals surface area contributed by atoms with Gasteiger partial charge in [0.25, 0.3) is 0 Å².